The number of fused-ring (bicyclic) bond motifs is 2. The van der Waals surface area contributed by atoms with Crippen LogP contribution in [0.25, 0.3) is 16.6 Å². The zero-order chi connectivity index (χ0) is 23.9. The van der Waals surface area contributed by atoms with E-state index in [1.54, 1.807) is 35.0 Å². The van der Waals surface area contributed by atoms with Crippen LogP contribution in [0.5, 0.6) is 0 Å². The average molecular weight is 468 g/mol. The predicted octanol–water partition coefficient (Wildman–Crippen LogP) is 4.76. The van der Waals surface area contributed by atoms with Gasteiger partial charge in [-0.05, 0) is 44.7 Å². The van der Waals surface area contributed by atoms with Crippen molar-refractivity contribution in [2.45, 2.75) is 50.9 Å². The largest absolute Gasteiger partial charge is 0.433 e. The van der Waals surface area contributed by atoms with Gasteiger partial charge >= 0.3 is 6.18 Å². The number of nitrogens with one attached hydrogen (secondary N) is 2. The van der Waals surface area contributed by atoms with Crippen molar-refractivity contribution in [2.75, 3.05) is 5.32 Å². The van der Waals surface area contributed by atoms with Gasteiger partial charge in [0.2, 0.25) is 0 Å². The van der Waals surface area contributed by atoms with Gasteiger partial charge in [-0.3, -0.25) is 4.79 Å². The number of halogens is 3. The molecule has 176 valence electrons. The highest BCUT2D eigenvalue weighted by Gasteiger charge is 2.34. The Morgan fingerprint density at radius 2 is 1.94 bits per heavy atom. The van der Waals surface area contributed by atoms with E-state index in [4.69, 9.17) is 0 Å². The monoisotopic (exact) mass is 468 g/mol. The fraction of sp³-hybridized carbons (Fsp3) is 0.333. The number of carbonyl (C=O) groups excluding carboxylic acids is 1. The number of pyridine rings is 1. The highest BCUT2D eigenvalue weighted by molar-refractivity contribution is 5.94. The summed E-state index contributed by atoms with van der Waals surface area (Å²) in [4.78, 5) is 20.9. The maximum Gasteiger partial charge on any atom is 0.433 e. The Labute approximate surface area is 193 Å². The smallest absolute Gasteiger partial charge is 0.382 e. The first-order chi connectivity index (χ1) is 16.3. The summed E-state index contributed by atoms with van der Waals surface area (Å²) in [5.41, 5.74) is 1.64. The summed E-state index contributed by atoms with van der Waals surface area (Å²) in [5, 5.41) is 11.3. The molecule has 0 spiro atoms. The molecule has 5 rings (SSSR count). The van der Waals surface area contributed by atoms with Crippen LogP contribution in [0.4, 0.5) is 18.9 Å². The maximum atomic E-state index is 13.4. The molecule has 1 amide bonds. The lowest BCUT2D eigenvalue weighted by molar-refractivity contribution is -0.140. The fourth-order valence-electron chi connectivity index (χ4n) is 4.49. The number of anilines is 1. The van der Waals surface area contributed by atoms with E-state index in [0.717, 1.165) is 31.0 Å². The first-order valence-corrected chi connectivity index (χ1v) is 11.1. The van der Waals surface area contributed by atoms with E-state index in [1.807, 2.05) is 13.0 Å². The second kappa shape index (κ2) is 8.58. The Balaban J connectivity index is 1.32. The molecule has 7 nitrogen and oxygen atoms in total. The number of nitrogens with zero attached hydrogens (tertiary/aromatic N) is 4. The molecular formula is C24H23F3N6O. The van der Waals surface area contributed by atoms with Gasteiger partial charge in [-0.25, -0.2) is 14.5 Å². The molecule has 1 saturated carbocycles. The number of hydrogen-bond donors (Lipinski definition) is 2. The average Bonchev–Trinajstić information content (AvgIpc) is 3.18. The molecule has 0 aliphatic heterocycles. The van der Waals surface area contributed by atoms with Gasteiger partial charge in [-0.2, -0.15) is 18.3 Å². The number of para-hydroxylation sites is 1. The van der Waals surface area contributed by atoms with Gasteiger partial charge in [0, 0.05) is 41.6 Å². The lowest BCUT2D eigenvalue weighted by Crippen LogP contribution is -2.42. The fourth-order valence-corrected chi connectivity index (χ4v) is 4.49. The Bertz CT molecular complexity index is 1370. The first-order valence-electron chi connectivity index (χ1n) is 11.1. The number of aromatic nitrogens is 4. The summed E-state index contributed by atoms with van der Waals surface area (Å²) in [6, 6.07) is 9.48. The molecule has 0 saturated heterocycles. The summed E-state index contributed by atoms with van der Waals surface area (Å²) in [7, 11) is 0. The van der Waals surface area contributed by atoms with Crippen molar-refractivity contribution in [3.05, 3.63) is 65.7 Å². The van der Waals surface area contributed by atoms with E-state index < -0.39 is 11.9 Å². The Morgan fingerprint density at radius 1 is 1.15 bits per heavy atom. The second-order valence-corrected chi connectivity index (χ2v) is 8.68. The van der Waals surface area contributed by atoms with Crippen LogP contribution in [-0.4, -0.2) is 37.6 Å². The Kier molecular flexibility index (Phi) is 5.59. The van der Waals surface area contributed by atoms with Crippen LogP contribution in [0.2, 0.25) is 0 Å². The SMILES string of the molecule is Cc1cc2ncc(C(=O)N[C@@H]3CCC[C@H](Nc4cc(C(F)(F)F)nc5ccccc45)C3)cn2n1. The van der Waals surface area contributed by atoms with E-state index >= 15 is 0 Å². The van der Waals surface area contributed by atoms with Gasteiger partial charge in [0.15, 0.2) is 5.65 Å². The lowest BCUT2D eigenvalue weighted by atomic mass is 9.90. The van der Waals surface area contributed by atoms with Crippen LogP contribution in [0.3, 0.4) is 0 Å². The normalized spacial score (nSPS) is 18.8. The molecule has 3 aromatic heterocycles. The molecular weight excluding hydrogens is 445 g/mol. The van der Waals surface area contributed by atoms with E-state index in [2.05, 4.69) is 25.7 Å². The number of amides is 1. The van der Waals surface area contributed by atoms with Gasteiger partial charge in [0.25, 0.3) is 5.91 Å². The lowest BCUT2D eigenvalue weighted by Gasteiger charge is -2.31. The molecule has 2 atom stereocenters. The van der Waals surface area contributed by atoms with Crippen LogP contribution in [-0.2, 0) is 6.18 Å². The molecule has 0 bridgehead atoms. The highest BCUT2D eigenvalue weighted by Crippen LogP contribution is 2.34. The van der Waals surface area contributed by atoms with Crippen molar-refractivity contribution in [1.82, 2.24) is 24.9 Å². The number of alkyl halides is 3. The first kappa shape index (κ1) is 22.1. The van der Waals surface area contributed by atoms with Crippen LogP contribution in [0.15, 0.2) is 48.8 Å². The summed E-state index contributed by atoms with van der Waals surface area (Å²) < 4.78 is 41.7. The Morgan fingerprint density at radius 3 is 2.76 bits per heavy atom. The zero-order valence-corrected chi connectivity index (χ0v) is 18.4. The minimum absolute atomic E-state index is 0.0830. The van der Waals surface area contributed by atoms with Crippen molar-refractivity contribution >= 4 is 28.1 Å². The molecule has 34 heavy (non-hydrogen) atoms. The van der Waals surface area contributed by atoms with E-state index in [9.17, 15) is 18.0 Å². The summed E-state index contributed by atoms with van der Waals surface area (Å²) >= 11 is 0. The number of rotatable bonds is 4. The van der Waals surface area contributed by atoms with Crippen LogP contribution in [0, 0.1) is 6.92 Å². The topological polar surface area (TPSA) is 84.2 Å². The van der Waals surface area contributed by atoms with E-state index in [-0.39, 0.29) is 23.5 Å². The minimum Gasteiger partial charge on any atom is -0.382 e. The van der Waals surface area contributed by atoms with Gasteiger partial charge in [-0.15, -0.1) is 0 Å². The third-order valence-electron chi connectivity index (χ3n) is 6.07. The molecule has 10 heteroatoms. The number of benzene rings is 1. The van der Waals surface area contributed by atoms with Crippen LogP contribution >= 0.6 is 0 Å². The van der Waals surface area contributed by atoms with Crippen molar-refractivity contribution in [3.8, 4) is 0 Å². The van der Waals surface area contributed by atoms with Crippen molar-refractivity contribution in [2.24, 2.45) is 0 Å². The zero-order valence-electron chi connectivity index (χ0n) is 18.4. The van der Waals surface area contributed by atoms with Gasteiger partial charge < -0.3 is 10.6 Å². The second-order valence-electron chi connectivity index (χ2n) is 8.68. The van der Waals surface area contributed by atoms with Gasteiger partial charge in [0.05, 0.1) is 16.8 Å². The van der Waals surface area contributed by atoms with Gasteiger partial charge in [0.1, 0.15) is 5.69 Å². The van der Waals surface area contributed by atoms with Crippen LogP contribution in [0.1, 0.15) is 47.4 Å². The summed E-state index contributed by atoms with van der Waals surface area (Å²) in [6.07, 6.45) is 1.66. The molecule has 1 fully saturated rings. The standard InChI is InChI=1S/C24H23F3N6O/c1-14-9-22-28-12-15(13-33(22)32-14)23(34)30-17-6-4-5-16(10-17)29-20-11-21(24(25,26)27)31-19-8-3-2-7-18(19)20/h2-3,7-9,11-13,16-17H,4-6,10H2,1H3,(H,29,31)(H,30,34)/t16-,17+/m0/s1. The van der Waals surface area contributed by atoms with Crippen molar-refractivity contribution < 1.29 is 18.0 Å². The van der Waals surface area contributed by atoms with Crippen LogP contribution < -0.4 is 10.6 Å². The molecule has 1 aliphatic carbocycles. The molecule has 4 aromatic rings. The van der Waals surface area contributed by atoms with E-state index in [0.29, 0.717) is 28.7 Å². The minimum atomic E-state index is -4.54. The Hall–Kier alpha value is -3.69. The molecule has 0 unspecified atom stereocenters. The molecule has 1 aromatic carbocycles. The molecule has 3 heterocycles. The highest BCUT2D eigenvalue weighted by atomic mass is 19.4. The molecule has 1 aliphatic rings. The molecule has 0 radical (unpaired) electrons. The molecule has 2 N–H and O–H groups in total. The quantitative estimate of drug-likeness (QED) is 0.451. The maximum absolute atomic E-state index is 13.4. The van der Waals surface area contributed by atoms with E-state index in [1.165, 1.54) is 6.20 Å². The summed E-state index contributed by atoms with van der Waals surface area (Å²) in [5.74, 6) is -0.248. The third-order valence-corrected chi connectivity index (χ3v) is 6.07. The van der Waals surface area contributed by atoms with Crippen molar-refractivity contribution in [3.63, 3.8) is 0 Å². The van der Waals surface area contributed by atoms with Gasteiger partial charge in [-0.1, -0.05) is 18.2 Å². The number of hydrogen-bond acceptors (Lipinski definition) is 5. The van der Waals surface area contributed by atoms with Crippen molar-refractivity contribution in [1.29, 1.82) is 0 Å². The predicted molar refractivity (Wildman–Crippen MR) is 122 cm³/mol. The number of carbonyl (C=O) groups is 1. The summed E-state index contributed by atoms with van der Waals surface area (Å²) in [6.45, 7) is 1.85. The number of aryl methyl sites for hydroxylation is 1. The third kappa shape index (κ3) is 4.52.